The Hall–Kier alpha value is -1.64. The molecule has 0 spiro atoms. The van der Waals surface area contributed by atoms with E-state index in [4.69, 9.17) is 23.2 Å². The summed E-state index contributed by atoms with van der Waals surface area (Å²) in [6.07, 6.45) is 3.40. The van der Waals surface area contributed by atoms with E-state index in [0.29, 0.717) is 0 Å². The molecule has 4 heteroatoms. The number of halogens is 2. The van der Waals surface area contributed by atoms with Crippen molar-refractivity contribution in [2.45, 2.75) is 36.7 Å². The van der Waals surface area contributed by atoms with E-state index in [1.165, 1.54) is 0 Å². The average molecular weight is 361 g/mol. The van der Waals surface area contributed by atoms with Gasteiger partial charge in [0.25, 0.3) is 0 Å². The van der Waals surface area contributed by atoms with Crippen LogP contribution in [0.3, 0.4) is 0 Å². The second kappa shape index (κ2) is 9.61. The van der Waals surface area contributed by atoms with Gasteiger partial charge in [-0.2, -0.15) is 0 Å². The zero-order valence-electron chi connectivity index (χ0n) is 13.9. The minimum Gasteiger partial charge on any atom is -0.287 e. The lowest BCUT2D eigenvalue weighted by Crippen LogP contribution is -2.09. The highest BCUT2D eigenvalue weighted by Crippen LogP contribution is 2.26. The van der Waals surface area contributed by atoms with Gasteiger partial charge in [-0.15, -0.1) is 23.2 Å². The van der Waals surface area contributed by atoms with Gasteiger partial charge in [-0.25, -0.2) is 0 Å². The van der Waals surface area contributed by atoms with Crippen molar-refractivity contribution in [1.82, 2.24) is 0 Å². The first kappa shape index (κ1) is 18.7. The number of rotatable bonds is 7. The van der Waals surface area contributed by atoms with Gasteiger partial charge < -0.3 is 0 Å². The molecule has 0 unspecified atom stereocenters. The predicted molar refractivity (Wildman–Crippen MR) is 106 cm³/mol. The molecule has 2 nitrogen and oxygen atoms in total. The largest absolute Gasteiger partial charge is 0.287 e. The number of nitrogens with zero attached hydrogens (tertiary/aromatic N) is 2. The molecule has 0 N–H and O–H groups in total. The van der Waals surface area contributed by atoms with Crippen molar-refractivity contribution >= 4 is 35.6 Å². The monoisotopic (exact) mass is 360 g/mol. The summed E-state index contributed by atoms with van der Waals surface area (Å²) in [7, 11) is 0. The fourth-order valence-electron chi connectivity index (χ4n) is 2.33. The summed E-state index contributed by atoms with van der Waals surface area (Å²) < 4.78 is 0. The minimum absolute atomic E-state index is 0.0308. The fourth-order valence-corrected chi connectivity index (χ4v) is 2.75. The fraction of sp³-hybridized carbons (Fsp3) is 0.300. The van der Waals surface area contributed by atoms with Crippen LogP contribution in [0.4, 0.5) is 0 Å². The van der Waals surface area contributed by atoms with Crippen molar-refractivity contribution in [3.8, 4) is 0 Å². The highest BCUT2D eigenvalue weighted by Gasteiger charge is 2.15. The van der Waals surface area contributed by atoms with E-state index >= 15 is 0 Å². The summed E-state index contributed by atoms with van der Waals surface area (Å²) in [5.41, 5.74) is 2.14. The van der Waals surface area contributed by atoms with Crippen LogP contribution in [0.5, 0.6) is 0 Å². The molecule has 0 aliphatic rings. The maximum Gasteiger partial charge on any atom is 0.0806 e. The zero-order chi connectivity index (χ0) is 17.4. The Labute approximate surface area is 154 Å². The van der Waals surface area contributed by atoms with Crippen molar-refractivity contribution in [2.24, 2.45) is 9.98 Å². The smallest absolute Gasteiger partial charge is 0.0806 e. The molecule has 126 valence electrons. The van der Waals surface area contributed by atoms with Crippen molar-refractivity contribution in [3.63, 3.8) is 0 Å². The number of benzene rings is 2. The Balaban J connectivity index is 1.89. The van der Waals surface area contributed by atoms with Gasteiger partial charge >= 0.3 is 0 Å². The maximum atomic E-state index is 6.45. The Bertz CT molecular complexity index is 596. The van der Waals surface area contributed by atoms with Crippen LogP contribution in [0.25, 0.3) is 0 Å². The molecule has 0 heterocycles. The molecule has 2 rings (SSSR count). The van der Waals surface area contributed by atoms with Crippen LogP contribution in [0.2, 0.25) is 0 Å². The van der Waals surface area contributed by atoms with Crippen molar-refractivity contribution < 1.29 is 0 Å². The van der Waals surface area contributed by atoms with Gasteiger partial charge in [0.1, 0.15) is 0 Å². The minimum atomic E-state index is -0.154. The summed E-state index contributed by atoms with van der Waals surface area (Å²) in [6.45, 7) is 3.99. The van der Waals surface area contributed by atoms with Gasteiger partial charge in [-0.05, 0) is 25.0 Å². The standard InChI is InChI=1S/C20H22Cl2N2/c1-15(19(21)17-9-5-3-6-10-17)23-13-14-24-16(2)20(22)18-11-7-4-8-12-18/h3-16,19-20H,1-2H3/t15-,16+,19+,20-. The van der Waals surface area contributed by atoms with Crippen LogP contribution in [0.1, 0.15) is 35.7 Å². The molecule has 4 atom stereocenters. The first-order valence-electron chi connectivity index (χ1n) is 8.02. The highest BCUT2D eigenvalue weighted by molar-refractivity contribution is 6.22. The van der Waals surface area contributed by atoms with Crippen LogP contribution >= 0.6 is 23.2 Å². The van der Waals surface area contributed by atoms with Gasteiger partial charge in [0.2, 0.25) is 0 Å². The van der Waals surface area contributed by atoms with Gasteiger partial charge in [-0.1, -0.05) is 60.7 Å². The number of alkyl halides is 2. The molecule has 0 bridgehead atoms. The average Bonchev–Trinajstić information content (AvgIpc) is 2.65. The molecule has 2 aromatic carbocycles. The lowest BCUT2D eigenvalue weighted by Gasteiger charge is -2.14. The molecule has 0 saturated heterocycles. The molecule has 0 saturated carbocycles. The highest BCUT2D eigenvalue weighted by atomic mass is 35.5. The summed E-state index contributed by atoms with van der Waals surface area (Å²) in [6, 6.07) is 19.9. The van der Waals surface area contributed by atoms with Crippen molar-refractivity contribution in [3.05, 3.63) is 71.8 Å². The molecule has 0 amide bonds. The van der Waals surface area contributed by atoms with E-state index < -0.39 is 0 Å². The summed E-state index contributed by atoms with van der Waals surface area (Å²) in [4.78, 5) is 8.91. The Morgan fingerprint density at radius 3 is 1.33 bits per heavy atom. The van der Waals surface area contributed by atoms with Crippen LogP contribution in [-0.2, 0) is 0 Å². The second-order valence-corrected chi connectivity index (χ2v) is 6.64. The third-order valence-corrected chi connectivity index (χ3v) is 5.03. The summed E-state index contributed by atoms with van der Waals surface area (Å²) >= 11 is 12.9. The van der Waals surface area contributed by atoms with E-state index in [1.807, 2.05) is 74.5 Å². The summed E-state index contributed by atoms with van der Waals surface area (Å²) in [5.74, 6) is 0. The first-order chi connectivity index (χ1) is 11.6. The van der Waals surface area contributed by atoms with Crippen LogP contribution in [-0.4, -0.2) is 24.5 Å². The molecule has 24 heavy (non-hydrogen) atoms. The molecule has 0 aromatic heterocycles. The Morgan fingerprint density at radius 1 is 0.667 bits per heavy atom. The SMILES string of the molecule is C[C@H](N=CC=N[C@H](C)[C@H](Cl)c1ccccc1)[C@@H](Cl)c1ccccc1. The van der Waals surface area contributed by atoms with E-state index in [-0.39, 0.29) is 22.8 Å². The molecule has 0 aliphatic carbocycles. The maximum absolute atomic E-state index is 6.45. The van der Waals surface area contributed by atoms with Gasteiger partial charge in [0, 0.05) is 12.4 Å². The number of hydrogen-bond acceptors (Lipinski definition) is 2. The predicted octanol–water partition coefficient (Wildman–Crippen LogP) is 5.87. The van der Waals surface area contributed by atoms with E-state index in [9.17, 15) is 0 Å². The molecule has 0 aliphatic heterocycles. The number of aliphatic imine (C=N–C) groups is 2. The summed E-state index contributed by atoms with van der Waals surface area (Å²) in [5, 5.41) is -0.309. The Kier molecular flexibility index (Phi) is 7.48. The van der Waals surface area contributed by atoms with E-state index in [2.05, 4.69) is 9.98 Å². The normalized spacial score (nSPS) is 17.0. The lowest BCUT2D eigenvalue weighted by molar-refractivity contribution is 0.715. The Morgan fingerprint density at radius 2 is 1.00 bits per heavy atom. The number of hydrogen-bond donors (Lipinski definition) is 0. The zero-order valence-corrected chi connectivity index (χ0v) is 15.4. The third kappa shape index (κ3) is 5.47. The quantitative estimate of drug-likeness (QED) is 0.436. The topological polar surface area (TPSA) is 24.7 Å². The van der Waals surface area contributed by atoms with Gasteiger partial charge in [0.05, 0.1) is 22.8 Å². The third-order valence-electron chi connectivity index (χ3n) is 3.79. The lowest BCUT2D eigenvalue weighted by atomic mass is 10.1. The van der Waals surface area contributed by atoms with E-state index in [0.717, 1.165) is 11.1 Å². The van der Waals surface area contributed by atoms with Crippen LogP contribution < -0.4 is 0 Å². The first-order valence-corrected chi connectivity index (χ1v) is 8.90. The van der Waals surface area contributed by atoms with Crippen molar-refractivity contribution in [2.75, 3.05) is 0 Å². The van der Waals surface area contributed by atoms with E-state index in [1.54, 1.807) is 12.4 Å². The van der Waals surface area contributed by atoms with Crippen LogP contribution in [0.15, 0.2) is 70.6 Å². The van der Waals surface area contributed by atoms with Crippen molar-refractivity contribution in [1.29, 1.82) is 0 Å². The second-order valence-electron chi connectivity index (χ2n) is 5.70. The molecular formula is C20H22Cl2N2. The molecule has 0 fully saturated rings. The molecule has 0 radical (unpaired) electrons. The molecular weight excluding hydrogens is 339 g/mol. The molecule has 2 aromatic rings. The van der Waals surface area contributed by atoms with Gasteiger partial charge in [-0.3, -0.25) is 9.98 Å². The van der Waals surface area contributed by atoms with Gasteiger partial charge in [0.15, 0.2) is 0 Å². The van der Waals surface area contributed by atoms with Crippen LogP contribution in [0, 0.1) is 0 Å².